The number of aromatic nitrogens is 4. The van der Waals surface area contributed by atoms with Crippen molar-refractivity contribution in [3.05, 3.63) is 48.1 Å². The Bertz CT molecular complexity index is 981. The van der Waals surface area contributed by atoms with Crippen LogP contribution in [0.2, 0.25) is 0 Å². The number of hydrogen-bond acceptors (Lipinski definition) is 8. The third-order valence-electron chi connectivity index (χ3n) is 4.53. The molecular weight excluding hydrogens is 376 g/mol. The Morgan fingerprint density at radius 1 is 1.07 bits per heavy atom. The maximum atomic E-state index is 13.3. The van der Waals surface area contributed by atoms with Crippen LogP contribution in [0.4, 0.5) is 14.6 Å². The van der Waals surface area contributed by atoms with Gasteiger partial charge in [0.15, 0.2) is 23.2 Å². The van der Waals surface area contributed by atoms with E-state index in [1.165, 1.54) is 29.4 Å². The summed E-state index contributed by atoms with van der Waals surface area (Å²) in [6, 6.07) is 3.19. The van der Waals surface area contributed by atoms with Crippen LogP contribution in [0.3, 0.4) is 0 Å². The molecule has 28 heavy (non-hydrogen) atoms. The summed E-state index contributed by atoms with van der Waals surface area (Å²) in [4.78, 5) is 12.4. The molecular formula is C17H17F2N5O4. The molecule has 0 bridgehead atoms. The minimum atomic E-state index is -1.28. The number of aliphatic hydroxyl groups is 3. The standard InChI is InChI=1S/C17H17F2N5O4/c18-9-1-8(2-10(19)3-9)4-20-15-12-16(22-6-21-15)24(7-23-12)17-14(27)13(26)11(5-25)28-17/h1-3,6-7,11,13-14,17,25-27H,4-5H2,(H,20,21,22)/t11-,13-,14-,17-/m1/s1. The number of nitrogens with zero attached hydrogens (tertiary/aromatic N) is 4. The lowest BCUT2D eigenvalue weighted by Crippen LogP contribution is -2.33. The highest BCUT2D eigenvalue weighted by Gasteiger charge is 2.44. The van der Waals surface area contributed by atoms with Crippen molar-refractivity contribution < 1.29 is 28.8 Å². The highest BCUT2D eigenvalue weighted by molar-refractivity contribution is 5.82. The van der Waals surface area contributed by atoms with Crippen LogP contribution in [0.15, 0.2) is 30.9 Å². The second kappa shape index (κ2) is 7.36. The second-order valence-corrected chi connectivity index (χ2v) is 6.41. The highest BCUT2D eigenvalue weighted by Crippen LogP contribution is 2.32. The molecule has 148 valence electrons. The minimum Gasteiger partial charge on any atom is -0.394 e. The van der Waals surface area contributed by atoms with Crippen LogP contribution < -0.4 is 5.32 Å². The van der Waals surface area contributed by atoms with E-state index in [9.17, 15) is 24.1 Å². The number of halogens is 2. The fourth-order valence-corrected chi connectivity index (χ4v) is 3.18. The SMILES string of the molecule is OC[C@H]1O[C@@H](n2cnc3c(NCc4cc(F)cc(F)c4)ncnc32)[C@H](O)[C@@H]1O. The Balaban J connectivity index is 1.60. The van der Waals surface area contributed by atoms with Crippen molar-refractivity contribution >= 4 is 17.0 Å². The summed E-state index contributed by atoms with van der Waals surface area (Å²) >= 11 is 0. The van der Waals surface area contributed by atoms with Gasteiger partial charge >= 0.3 is 0 Å². The number of benzene rings is 1. The van der Waals surface area contributed by atoms with E-state index >= 15 is 0 Å². The minimum absolute atomic E-state index is 0.0987. The fourth-order valence-electron chi connectivity index (χ4n) is 3.18. The Morgan fingerprint density at radius 3 is 2.50 bits per heavy atom. The number of hydrogen-bond donors (Lipinski definition) is 4. The van der Waals surface area contributed by atoms with Gasteiger partial charge in [-0.25, -0.2) is 23.7 Å². The van der Waals surface area contributed by atoms with Crippen LogP contribution in [0, 0.1) is 11.6 Å². The number of ether oxygens (including phenoxy) is 1. The number of fused-ring (bicyclic) bond motifs is 1. The molecule has 11 heteroatoms. The Labute approximate surface area is 157 Å². The van der Waals surface area contributed by atoms with E-state index in [2.05, 4.69) is 20.3 Å². The smallest absolute Gasteiger partial charge is 0.167 e. The second-order valence-electron chi connectivity index (χ2n) is 6.41. The molecule has 3 heterocycles. The first-order chi connectivity index (χ1) is 13.5. The number of anilines is 1. The van der Waals surface area contributed by atoms with Crippen molar-refractivity contribution in [3.8, 4) is 0 Å². The first-order valence-corrected chi connectivity index (χ1v) is 8.46. The molecule has 0 amide bonds. The molecule has 9 nitrogen and oxygen atoms in total. The van der Waals surface area contributed by atoms with Gasteiger partial charge in [-0.05, 0) is 17.7 Å². The van der Waals surface area contributed by atoms with Crippen LogP contribution in [0.1, 0.15) is 11.8 Å². The molecule has 4 atom stereocenters. The van der Waals surface area contributed by atoms with Crippen LogP contribution in [-0.2, 0) is 11.3 Å². The normalized spacial score (nSPS) is 24.8. The summed E-state index contributed by atoms with van der Waals surface area (Å²) in [5.74, 6) is -1.04. The van der Waals surface area contributed by atoms with E-state index in [1.807, 2.05) is 0 Å². The molecule has 0 spiro atoms. The first-order valence-electron chi connectivity index (χ1n) is 8.46. The van der Waals surface area contributed by atoms with E-state index in [-0.39, 0.29) is 6.54 Å². The zero-order chi connectivity index (χ0) is 19.8. The number of nitrogens with one attached hydrogen (secondary N) is 1. The van der Waals surface area contributed by atoms with Crippen molar-refractivity contribution in [2.75, 3.05) is 11.9 Å². The molecule has 1 saturated heterocycles. The van der Waals surface area contributed by atoms with Crippen LogP contribution >= 0.6 is 0 Å². The van der Waals surface area contributed by atoms with Gasteiger partial charge in [0.2, 0.25) is 0 Å². The van der Waals surface area contributed by atoms with Crippen molar-refractivity contribution in [1.29, 1.82) is 0 Å². The molecule has 4 rings (SSSR count). The lowest BCUT2D eigenvalue weighted by atomic mass is 10.1. The van der Waals surface area contributed by atoms with Gasteiger partial charge in [-0.2, -0.15) is 0 Å². The quantitative estimate of drug-likeness (QED) is 0.489. The van der Waals surface area contributed by atoms with Gasteiger partial charge in [0.1, 0.15) is 36.3 Å². The molecule has 1 aliphatic heterocycles. The number of imidazole rings is 1. The number of rotatable bonds is 5. The van der Waals surface area contributed by atoms with Crippen molar-refractivity contribution in [2.45, 2.75) is 31.1 Å². The zero-order valence-electron chi connectivity index (χ0n) is 14.4. The van der Waals surface area contributed by atoms with Gasteiger partial charge < -0.3 is 25.4 Å². The summed E-state index contributed by atoms with van der Waals surface area (Å²) in [6.45, 7) is -0.352. The van der Waals surface area contributed by atoms with Gasteiger partial charge in [0, 0.05) is 12.6 Å². The van der Waals surface area contributed by atoms with E-state index in [1.54, 1.807) is 0 Å². The lowest BCUT2D eigenvalue weighted by molar-refractivity contribution is -0.0511. The molecule has 4 N–H and O–H groups in total. The molecule has 0 radical (unpaired) electrons. The average Bonchev–Trinajstić information content (AvgIpc) is 3.21. The van der Waals surface area contributed by atoms with Crippen LogP contribution in [0.25, 0.3) is 11.2 Å². The highest BCUT2D eigenvalue weighted by atomic mass is 19.1. The van der Waals surface area contributed by atoms with Crippen molar-refractivity contribution in [1.82, 2.24) is 19.5 Å². The summed E-state index contributed by atoms with van der Waals surface area (Å²) in [5.41, 5.74) is 1.04. The largest absolute Gasteiger partial charge is 0.394 e. The van der Waals surface area contributed by atoms with Crippen LogP contribution in [-0.4, -0.2) is 59.8 Å². The Hall–Kier alpha value is -2.73. The lowest BCUT2D eigenvalue weighted by Gasteiger charge is -2.16. The molecule has 0 unspecified atom stereocenters. The topological polar surface area (TPSA) is 126 Å². The van der Waals surface area contributed by atoms with Gasteiger partial charge in [-0.1, -0.05) is 0 Å². The molecule has 2 aromatic heterocycles. The molecule has 3 aromatic rings. The molecule has 1 aliphatic rings. The van der Waals surface area contributed by atoms with Crippen LogP contribution in [0.5, 0.6) is 0 Å². The number of aliphatic hydroxyl groups excluding tert-OH is 3. The molecule has 0 saturated carbocycles. The van der Waals surface area contributed by atoms with E-state index in [4.69, 9.17) is 4.74 Å². The van der Waals surface area contributed by atoms with Gasteiger partial charge in [-0.15, -0.1) is 0 Å². The van der Waals surface area contributed by atoms with Crippen molar-refractivity contribution in [2.24, 2.45) is 0 Å². The zero-order valence-corrected chi connectivity index (χ0v) is 14.4. The summed E-state index contributed by atoms with van der Waals surface area (Å²) < 4.78 is 33.6. The van der Waals surface area contributed by atoms with Crippen molar-refractivity contribution in [3.63, 3.8) is 0 Å². The Kier molecular flexibility index (Phi) is 4.89. The van der Waals surface area contributed by atoms with Gasteiger partial charge in [0.25, 0.3) is 0 Å². The van der Waals surface area contributed by atoms with E-state index in [0.717, 1.165) is 6.07 Å². The maximum Gasteiger partial charge on any atom is 0.167 e. The Morgan fingerprint density at radius 2 is 1.82 bits per heavy atom. The van der Waals surface area contributed by atoms with Gasteiger partial charge in [0.05, 0.1) is 12.9 Å². The summed E-state index contributed by atoms with van der Waals surface area (Å²) in [5, 5.41) is 32.3. The van der Waals surface area contributed by atoms with E-state index in [0.29, 0.717) is 22.5 Å². The molecule has 1 fully saturated rings. The summed E-state index contributed by atoms with van der Waals surface area (Å²) in [6.07, 6.45) is -1.83. The predicted molar refractivity (Wildman–Crippen MR) is 92.0 cm³/mol. The predicted octanol–water partition coefficient (Wildman–Crippen LogP) is 0.328. The summed E-state index contributed by atoms with van der Waals surface area (Å²) in [7, 11) is 0. The monoisotopic (exact) mass is 393 g/mol. The molecule has 1 aromatic carbocycles. The fraction of sp³-hybridized carbons (Fsp3) is 0.353. The molecule has 0 aliphatic carbocycles. The average molecular weight is 393 g/mol. The van der Waals surface area contributed by atoms with E-state index < -0.39 is 42.8 Å². The third-order valence-corrected chi connectivity index (χ3v) is 4.53. The van der Waals surface area contributed by atoms with Gasteiger partial charge in [-0.3, -0.25) is 4.57 Å². The first kappa shape index (κ1) is 18.6. The maximum absolute atomic E-state index is 13.3. The third kappa shape index (κ3) is 3.29.